The third kappa shape index (κ3) is 8.97. The average Bonchev–Trinajstić information content (AvgIpc) is 2.31. The first-order valence-electron chi connectivity index (χ1n) is 8.49. The molecule has 0 aromatic rings. The Morgan fingerprint density at radius 3 is 1.67 bits per heavy atom. The minimum Gasteiger partial charge on any atom is -0.316 e. The minimum absolute atomic E-state index is 0.788. The maximum absolute atomic E-state index is 3.67. The summed E-state index contributed by atoms with van der Waals surface area (Å²) < 4.78 is 0. The smallest absolute Gasteiger partial charge is 0.00204 e. The summed E-state index contributed by atoms with van der Waals surface area (Å²) >= 11 is 0. The number of hydrogen-bond acceptors (Lipinski definition) is 1. The van der Waals surface area contributed by atoms with Crippen molar-refractivity contribution in [1.29, 1.82) is 0 Å². The normalized spacial score (nSPS) is 21.5. The molecule has 0 heterocycles. The van der Waals surface area contributed by atoms with Crippen LogP contribution < -0.4 is 5.32 Å². The highest BCUT2D eigenvalue weighted by Gasteiger charge is 2.09. The highest BCUT2D eigenvalue weighted by molar-refractivity contribution is 4.65. The molecule has 1 aliphatic carbocycles. The van der Waals surface area contributed by atoms with Crippen LogP contribution in [0.4, 0.5) is 0 Å². The van der Waals surface area contributed by atoms with Gasteiger partial charge in [0, 0.05) is 0 Å². The van der Waals surface area contributed by atoms with Gasteiger partial charge in [-0.05, 0) is 37.8 Å². The molecule has 0 spiro atoms. The van der Waals surface area contributed by atoms with Gasteiger partial charge in [-0.25, -0.2) is 0 Å². The van der Waals surface area contributed by atoms with E-state index in [1.54, 1.807) is 0 Å². The van der Waals surface area contributed by atoms with Crippen LogP contribution in [0.1, 0.15) is 84.5 Å². The van der Waals surface area contributed by atoms with Gasteiger partial charge >= 0.3 is 0 Å². The maximum atomic E-state index is 3.67. The molecule has 18 heavy (non-hydrogen) atoms. The van der Waals surface area contributed by atoms with E-state index >= 15 is 0 Å². The van der Waals surface area contributed by atoms with E-state index in [0.29, 0.717) is 0 Å². The van der Waals surface area contributed by atoms with Crippen molar-refractivity contribution in [3.8, 4) is 0 Å². The number of rotatable bonds is 4. The molecule has 1 heteroatoms. The van der Waals surface area contributed by atoms with E-state index in [0.717, 1.165) is 11.8 Å². The summed E-state index contributed by atoms with van der Waals surface area (Å²) in [5, 5.41) is 3.67. The van der Waals surface area contributed by atoms with E-state index in [-0.39, 0.29) is 0 Å². The SMILES string of the molecule is CC(C)CNCC1CCCCCCCCCCC1. The van der Waals surface area contributed by atoms with Crippen molar-refractivity contribution in [3.63, 3.8) is 0 Å². The van der Waals surface area contributed by atoms with Gasteiger partial charge in [-0.15, -0.1) is 0 Å². The van der Waals surface area contributed by atoms with Gasteiger partial charge in [0.2, 0.25) is 0 Å². The second-order valence-corrected chi connectivity index (χ2v) is 6.68. The summed E-state index contributed by atoms with van der Waals surface area (Å²) in [5.41, 5.74) is 0. The Hall–Kier alpha value is -0.0400. The van der Waals surface area contributed by atoms with Crippen molar-refractivity contribution >= 4 is 0 Å². The molecule has 0 aromatic carbocycles. The Morgan fingerprint density at radius 1 is 0.778 bits per heavy atom. The summed E-state index contributed by atoms with van der Waals surface area (Å²) in [7, 11) is 0. The van der Waals surface area contributed by atoms with E-state index < -0.39 is 0 Å². The van der Waals surface area contributed by atoms with Gasteiger partial charge in [0.25, 0.3) is 0 Å². The third-order valence-corrected chi connectivity index (χ3v) is 4.21. The molecule has 0 aromatic heterocycles. The van der Waals surface area contributed by atoms with Gasteiger partial charge < -0.3 is 5.32 Å². The van der Waals surface area contributed by atoms with Crippen LogP contribution in [-0.4, -0.2) is 13.1 Å². The van der Waals surface area contributed by atoms with E-state index in [1.165, 1.54) is 83.7 Å². The van der Waals surface area contributed by atoms with Gasteiger partial charge in [-0.1, -0.05) is 71.6 Å². The molecule has 0 atom stereocenters. The molecular formula is C17H35N. The molecule has 1 aliphatic rings. The molecule has 0 bridgehead atoms. The monoisotopic (exact) mass is 253 g/mol. The van der Waals surface area contributed by atoms with E-state index in [1.807, 2.05) is 0 Å². The molecule has 1 saturated carbocycles. The third-order valence-electron chi connectivity index (χ3n) is 4.21. The lowest BCUT2D eigenvalue weighted by Gasteiger charge is -2.19. The van der Waals surface area contributed by atoms with Crippen LogP contribution in [-0.2, 0) is 0 Å². The average molecular weight is 253 g/mol. The zero-order valence-corrected chi connectivity index (χ0v) is 12.8. The Morgan fingerprint density at radius 2 is 1.22 bits per heavy atom. The van der Waals surface area contributed by atoms with Gasteiger partial charge in [0.1, 0.15) is 0 Å². The maximum Gasteiger partial charge on any atom is -0.00204 e. The summed E-state index contributed by atoms with van der Waals surface area (Å²) in [6.45, 7) is 7.05. The standard InChI is InChI=1S/C17H35N/c1-16(2)14-18-15-17-12-10-8-6-4-3-5-7-9-11-13-17/h16-18H,3-15H2,1-2H3. The lowest BCUT2D eigenvalue weighted by molar-refractivity contribution is 0.368. The Labute approximate surface area is 115 Å². The van der Waals surface area contributed by atoms with Gasteiger partial charge in [0.05, 0.1) is 0 Å². The molecule has 0 saturated heterocycles. The van der Waals surface area contributed by atoms with Crippen molar-refractivity contribution < 1.29 is 0 Å². The van der Waals surface area contributed by atoms with E-state index in [9.17, 15) is 0 Å². The second-order valence-electron chi connectivity index (χ2n) is 6.68. The quantitative estimate of drug-likeness (QED) is 0.730. The van der Waals surface area contributed by atoms with Crippen LogP contribution in [0.5, 0.6) is 0 Å². The summed E-state index contributed by atoms with van der Waals surface area (Å²) in [4.78, 5) is 0. The van der Waals surface area contributed by atoms with Crippen LogP contribution in [0, 0.1) is 11.8 Å². The fourth-order valence-corrected chi connectivity index (χ4v) is 3.03. The molecule has 0 unspecified atom stereocenters. The lowest BCUT2D eigenvalue weighted by Crippen LogP contribution is -2.26. The Bertz CT molecular complexity index is 164. The highest BCUT2D eigenvalue weighted by Crippen LogP contribution is 2.20. The van der Waals surface area contributed by atoms with Gasteiger partial charge in [0.15, 0.2) is 0 Å². The number of nitrogens with one attached hydrogen (secondary N) is 1. The highest BCUT2D eigenvalue weighted by atomic mass is 14.9. The first-order valence-corrected chi connectivity index (χ1v) is 8.49. The van der Waals surface area contributed by atoms with Crippen LogP contribution >= 0.6 is 0 Å². The predicted octanol–water partition coefficient (Wildman–Crippen LogP) is 5.15. The van der Waals surface area contributed by atoms with Crippen LogP contribution in [0.2, 0.25) is 0 Å². The van der Waals surface area contributed by atoms with E-state index in [4.69, 9.17) is 0 Å². The van der Waals surface area contributed by atoms with E-state index in [2.05, 4.69) is 19.2 Å². The number of hydrogen-bond donors (Lipinski definition) is 1. The van der Waals surface area contributed by atoms with Crippen molar-refractivity contribution in [2.75, 3.05) is 13.1 Å². The predicted molar refractivity (Wildman–Crippen MR) is 82.0 cm³/mol. The first-order chi connectivity index (χ1) is 8.79. The van der Waals surface area contributed by atoms with Crippen molar-refractivity contribution in [2.24, 2.45) is 11.8 Å². The van der Waals surface area contributed by atoms with Crippen molar-refractivity contribution in [2.45, 2.75) is 84.5 Å². The molecule has 108 valence electrons. The molecule has 1 nitrogen and oxygen atoms in total. The fraction of sp³-hybridized carbons (Fsp3) is 1.00. The fourth-order valence-electron chi connectivity index (χ4n) is 3.03. The largest absolute Gasteiger partial charge is 0.316 e. The molecular weight excluding hydrogens is 218 g/mol. The minimum atomic E-state index is 0.788. The topological polar surface area (TPSA) is 12.0 Å². The Kier molecular flexibility index (Phi) is 9.65. The zero-order valence-electron chi connectivity index (χ0n) is 12.8. The summed E-state index contributed by atoms with van der Waals surface area (Å²) in [5.74, 6) is 1.74. The van der Waals surface area contributed by atoms with Crippen LogP contribution in [0.3, 0.4) is 0 Å². The molecule has 0 radical (unpaired) electrons. The Balaban J connectivity index is 2.18. The first kappa shape index (κ1) is 16.0. The zero-order chi connectivity index (χ0) is 13.1. The summed E-state index contributed by atoms with van der Waals surface area (Å²) in [6, 6.07) is 0. The molecule has 1 N–H and O–H groups in total. The second kappa shape index (κ2) is 10.8. The van der Waals surface area contributed by atoms with Gasteiger partial charge in [-0.3, -0.25) is 0 Å². The van der Waals surface area contributed by atoms with Crippen molar-refractivity contribution in [3.05, 3.63) is 0 Å². The van der Waals surface area contributed by atoms with Crippen LogP contribution in [0.25, 0.3) is 0 Å². The molecule has 1 fully saturated rings. The van der Waals surface area contributed by atoms with Crippen molar-refractivity contribution in [1.82, 2.24) is 5.32 Å². The molecule has 0 aliphatic heterocycles. The molecule has 0 amide bonds. The van der Waals surface area contributed by atoms with Gasteiger partial charge in [-0.2, -0.15) is 0 Å². The molecule has 1 rings (SSSR count). The summed E-state index contributed by atoms with van der Waals surface area (Å²) in [6.07, 6.45) is 16.2. The lowest BCUT2D eigenvalue weighted by atomic mass is 9.93. The van der Waals surface area contributed by atoms with Crippen LogP contribution in [0.15, 0.2) is 0 Å².